The highest BCUT2D eigenvalue weighted by Gasteiger charge is 2.05. The highest BCUT2D eigenvalue weighted by molar-refractivity contribution is 5.48. The molecule has 1 N–H and O–H groups in total. The third-order valence-corrected chi connectivity index (χ3v) is 3.92. The summed E-state index contributed by atoms with van der Waals surface area (Å²) in [6.45, 7) is 5.37. The molecule has 134 valence electrons. The first-order valence-corrected chi connectivity index (χ1v) is 8.96. The first-order valence-electron chi connectivity index (χ1n) is 8.96. The molecular formula is C23H25NO2. The maximum atomic E-state index is 5.87. The van der Waals surface area contributed by atoms with Crippen molar-refractivity contribution in [2.24, 2.45) is 0 Å². The molecule has 0 radical (unpaired) electrons. The van der Waals surface area contributed by atoms with Crippen molar-refractivity contribution < 1.29 is 9.47 Å². The Hall–Kier alpha value is -2.94. The van der Waals surface area contributed by atoms with Crippen molar-refractivity contribution in [2.45, 2.75) is 33.1 Å². The van der Waals surface area contributed by atoms with Crippen LogP contribution >= 0.6 is 0 Å². The number of hydrogen-bond acceptors (Lipinski definition) is 3. The molecule has 3 rings (SSSR count). The highest BCUT2D eigenvalue weighted by atomic mass is 16.5. The lowest BCUT2D eigenvalue weighted by Gasteiger charge is -2.15. The summed E-state index contributed by atoms with van der Waals surface area (Å²) < 4.78 is 11.7. The zero-order valence-electron chi connectivity index (χ0n) is 15.3. The molecule has 0 aliphatic rings. The summed E-state index contributed by atoms with van der Waals surface area (Å²) in [5, 5.41) is 3.44. The molecule has 0 bridgehead atoms. The number of para-hydroxylation sites is 1. The summed E-state index contributed by atoms with van der Waals surface area (Å²) in [5.74, 6) is 1.79. The van der Waals surface area contributed by atoms with Gasteiger partial charge in [0.15, 0.2) is 0 Å². The summed E-state index contributed by atoms with van der Waals surface area (Å²) in [6.07, 6.45) is 0.164. The van der Waals surface area contributed by atoms with Crippen LogP contribution in [0.15, 0.2) is 78.9 Å². The molecular weight excluding hydrogens is 322 g/mol. The number of nitrogens with one attached hydrogen (secondary N) is 1. The van der Waals surface area contributed by atoms with Crippen LogP contribution in [0.4, 0.5) is 5.69 Å². The van der Waals surface area contributed by atoms with Gasteiger partial charge < -0.3 is 14.8 Å². The monoisotopic (exact) mass is 347 g/mol. The predicted molar refractivity (Wildman–Crippen MR) is 107 cm³/mol. The Morgan fingerprint density at radius 2 is 1.50 bits per heavy atom. The van der Waals surface area contributed by atoms with Crippen LogP contribution in [0, 0.1) is 0 Å². The van der Waals surface area contributed by atoms with Crippen molar-refractivity contribution in [1.29, 1.82) is 0 Å². The first-order chi connectivity index (χ1) is 12.7. The van der Waals surface area contributed by atoms with Crippen LogP contribution in [0.5, 0.6) is 11.5 Å². The van der Waals surface area contributed by atoms with Gasteiger partial charge in [0.05, 0.1) is 6.10 Å². The molecule has 0 atom stereocenters. The molecule has 3 heteroatoms. The van der Waals surface area contributed by atoms with Crippen molar-refractivity contribution >= 4 is 5.69 Å². The molecule has 0 aliphatic carbocycles. The van der Waals surface area contributed by atoms with Gasteiger partial charge >= 0.3 is 0 Å². The van der Waals surface area contributed by atoms with Crippen LogP contribution in [0.3, 0.4) is 0 Å². The molecule has 26 heavy (non-hydrogen) atoms. The van der Waals surface area contributed by atoms with Gasteiger partial charge in [0.1, 0.15) is 18.1 Å². The molecule has 0 aliphatic heterocycles. The van der Waals surface area contributed by atoms with E-state index in [4.69, 9.17) is 9.47 Å². The van der Waals surface area contributed by atoms with Gasteiger partial charge in [-0.1, -0.05) is 48.5 Å². The lowest BCUT2D eigenvalue weighted by Crippen LogP contribution is -2.09. The van der Waals surface area contributed by atoms with E-state index in [2.05, 4.69) is 23.5 Å². The van der Waals surface area contributed by atoms with E-state index in [1.54, 1.807) is 0 Å². The van der Waals surface area contributed by atoms with Crippen LogP contribution in [0.1, 0.15) is 25.0 Å². The lowest BCUT2D eigenvalue weighted by molar-refractivity contribution is 0.240. The van der Waals surface area contributed by atoms with Crippen molar-refractivity contribution in [3.05, 3.63) is 90.0 Å². The van der Waals surface area contributed by atoms with Crippen LogP contribution < -0.4 is 14.8 Å². The van der Waals surface area contributed by atoms with Crippen molar-refractivity contribution in [3.8, 4) is 11.5 Å². The molecule has 0 saturated heterocycles. The lowest BCUT2D eigenvalue weighted by atomic mass is 10.2. The number of ether oxygens (including phenoxy) is 2. The van der Waals surface area contributed by atoms with Gasteiger partial charge in [-0.2, -0.15) is 0 Å². The van der Waals surface area contributed by atoms with Gasteiger partial charge in [-0.3, -0.25) is 0 Å². The minimum atomic E-state index is 0.164. The SMILES string of the molecule is CC(C)Oc1ccccc1CNc1ccc(OCc2ccccc2)cc1. The molecule has 0 spiro atoms. The van der Waals surface area contributed by atoms with Gasteiger partial charge in [-0.05, 0) is 49.7 Å². The highest BCUT2D eigenvalue weighted by Crippen LogP contribution is 2.22. The van der Waals surface area contributed by atoms with Gasteiger partial charge in [0.25, 0.3) is 0 Å². The molecule has 0 saturated carbocycles. The fourth-order valence-corrected chi connectivity index (χ4v) is 2.63. The Labute approximate surface area is 155 Å². The van der Waals surface area contributed by atoms with Gasteiger partial charge in [0.2, 0.25) is 0 Å². The minimum absolute atomic E-state index is 0.164. The summed E-state index contributed by atoms with van der Waals surface area (Å²) >= 11 is 0. The van der Waals surface area contributed by atoms with Crippen LogP contribution in [0.25, 0.3) is 0 Å². The Morgan fingerprint density at radius 3 is 2.23 bits per heavy atom. The van der Waals surface area contributed by atoms with Crippen LogP contribution in [0.2, 0.25) is 0 Å². The summed E-state index contributed by atoms with van der Waals surface area (Å²) in [5.41, 5.74) is 3.36. The van der Waals surface area contributed by atoms with Gasteiger partial charge in [-0.15, -0.1) is 0 Å². The summed E-state index contributed by atoms with van der Waals surface area (Å²) in [7, 11) is 0. The van der Waals surface area contributed by atoms with Gasteiger partial charge in [0, 0.05) is 17.8 Å². The second kappa shape index (κ2) is 8.95. The summed E-state index contributed by atoms with van der Waals surface area (Å²) in [6, 6.07) is 26.3. The quantitative estimate of drug-likeness (QED) is 0.570. The van der Waals surface area contributed by atoms with Gasteiger partial charge in [-0.25, -0.2) is 0 Å². The third kappa shape index (κ3) is 5.28. The molecule has 0 amide bonds. The van der Waals surface area contributed by atoms with E-state index >= 15 is 0 Å². The van der Waals surface area contributed by atoms with E-state index in [1.165, 1.54) is 0 Å². The van der Waals surface area contributed by atoms with E-state index in [1.807, 2.05) is 74.5 Å². The minimum Gasteiger partial charge on any atom is -0.491 e. The topological polar surface area (TPSA) is 30.5 Å². The van der Waals surface area contributed by atoms with E-state index in [0.717, 1.165) is 28.3 Å². The molecule has 0 heterocycles. The second-order valence-electron chi connectivity index (χ2n) is 6.43. The fourth-order valence-electron chi connectivity index (χ4n) is 2.63. The molecule has 0 fully saturated rings. The largest absolute Gasteiger partial charge is 0.491 e. The standard InChI is InChI=1S/C23H25NO2/c1-18(2)26-23-11-7-6-10-20(23)16-24-21-12-14-22(15-13-21)25-17-19-8-4-3-5-9-19/h3-15,18,24H,16-17H2,1-2H3. The predicted octanol–water partition coefficient (Wildman–Crippen LogP) is 5.66. The zero-order valence-corrected chi connectivity index (χ0v) is 15.3. The van der Waals surface area contributed by atoms with Crippen molar-refractivity contribution in [1.82, 2.24) is 0 Å². The van der Waals surface area contributed by atoms with E-state index in [0.29, 0.717) is 13.2 Å². The first kappa shape index (κ1) is 17.9. The zero-order chi connectivity index (χ0) is 18.2. The van der Waals surface area contributed by atoms with E-state index < -0.39 is 0 Å². The Bertz CT molecular complexity index is 798. The third-order valence-electron chi connectivity index (χ3n) is 3.92. The number of hydrogen-bond donors (Lipinski definition) is 1. The number of rotatable bonds is 8. The number of benzene rings is 3. The normalized spacial score (nSPS) is 10.6. The van der Waals surface area contributed by atoms with Crippen molar-refractivity contribution in [2.75, 3.05) is 5.32 Å². The maximum Gasteiger partial charge on any atom is 0.124 e. The van der Waals surface area contributed by atoms with Crippen LogP contribution in [-0.4, -0.2) is 6.10 Å². The smallest absolute Gasteiger partial charge is 0.124 e. The maximum absolute atomic E-state index is 5.87. The molecule has 3 nitrogen and oxygen atoms in total. The Morgan fingerprint density at radius 1 is 0.808 bits per heavy atom. The molecule has 0 aromatic heterocycles. The molecule has 3 aromatic rings. The molecule has 3 aromatic carbocycles. The van der Waals surface area contributed by atoms with E-state index in [9.17, 15) is 0 Å². The molecule has 0 unspecified atom stereocenters. The summed E-state index contributed by atoms with van der Waals surface area (Å²) in [4.78, 5) is 0. The number of anilines is 1. The average molecular weight is 347 g/mol. The Kier molecular flexibility index (Phi) is 6.15. The van der Waals surface area contributed by atoms with E-state index in [-0.39, 0.29) is 6.10 Å². The van der Waals surface area contributed by atoms with Crippen molar-refractivity contribution in [3.63, 3.8) is 0 Å². The van der Waals surface area contributed by atoms with Crippen LogP contribution in [-0.2, 0) is 13.2 Å². The second-order valence-corrected chi connectivity index (χ2v) is 6.43. The average Bonchev–Trinajstić information content (AvgIpc) is 2.67. The Balaban J connectivity index is 1.55. The fraction of sp³-hybridized carbons (Fsp3) is 0.217.